The van der Waals surface area contributed by atoms with Crippen molar-refractivity contribution in [2.75, 3.05) is 25.5 Å². The van der Waals surface area contributed by atoms with Gasteiger partial charge in [0.05, 0.1) is 5.75 Å². The first kappa shape index (κ1) is 18.0. The van der Waals surface area contributed by atoms with E-state index in [0.29, 0.717) is 12.3 Å². The van der Waals surface area contributed by atoms with E-state index in [1.54, 1.807) is 6.20 Å². The molecule has 1 aromatic carbocycles. The van der Waals surface area contributed by atoms with E-state index in [2.05, 4.69) is 41.5 Å². The number of benzene rings is 1. The Morgan fingerprint density at radius 3 is 2.80 bits per heavy atom. The molecule has 0 spiro atoms. The van der Waals surface area contributed by atoms with Crippen molar-refractivity contribution in [2.45, 2.75) is 36.9 Å². The van der Waals surface area contributed by atoms with Crippen LogP contribution in [0, 0.1) is 0 Å². The normalized spacial score (nSPS) is 16.5. The maximum atomic E-state index is 12.4. The molecule has 1 fully saturated rings. The van der Waals surface area contributed by atoms with Crippen molar-refractivity contribution in [3.05, 3.63) is 48.3 Å². The van der Waals surface area contributed by atoms with Gasteiger partial charge in [-0.05, 0) is 25.3 Å². The summed E-state index contributed by atoms with van der Waals surface area (Å²) in [5.74, 6) is 0.440. The Morgan fingerprint density at radius 1 is 1.32 bits per heavy atom. The van der Waals surface area contributed by atoms with E-state index in [4.69, 9.17) is 4.74 Å². The van der Waals surface area contributed by atoms with Crippen molar-refractivity contribution in [2.24, 2.45) is 0 Å². The van der Waals surface area contributed by atoms with Gasteiger partial charge in [0, 0.05) is 44.1 Å². The third kappa shape index (κ3) is 4.44. The molecular formula is C19H25N3O2S. The Labute approximate surface area is 153 Å². The van der Waals surface area contributed by atoms with Gasteiger partial charge in [0.25, 0.3) is 0 Å². The van der Waals surface area contributed by atoms with Gasteiger partial charge in [0.2, 0.25) is 5.91 Å². The molecular weight excluding hydrogens is 334 g/mol. The van der Waals surface area contributed by atoms with Crippen LogP contribution in [0.4, 0.5) is 0 Å². The highest BCUT2D eigenvalue weighted by molar-refractivity contribution is 7.99. The molecule has 2 heterocycles. The van der Waals surface area contributed by atoms with E-state index in [1.165, 1.54) is 17.3 Å². The third-order valence-electron chi connectivity index (χ3n) is 4.81. The highest BCUT2D eigenvalue weighted by atomic mass is 32.2. The van der Waals surface area contributed by atoms with Crippen LogP contribution in [0.3, 0.4) is 0 Å². The molecule has 0 atom stereocenters. The molecule has 5 nitrogen and oxygen atoms in total. The third-order valence-corrected chi connectivity index (χ3v) is 5.81. The second-order valence-corrected chi connectivity index (χ2v) is 7.26. The number of hydrogen-bond acceptors (Lipinski definition) is 4. The number of aryl methyl sites for hydroxylation is 1. The first-order valence-corrected chi connectivity index (χ1v) is 9.76. The minimum Gasteiger partial charge on any atom is -0.381 e. The van der Waals surface area contributed by atoms with E-state index < -0.39 is 0 Å². The smallest absolute Gasteiger partial charge is 0.230 e. The van der Waals surface area contributed by atoms with Crippen LogP contribution in [0.1, 0.15) is 25.3 Å². The lowest BCUT2D eigenvalue weighted by atomic mass is 9.74. The Bertz CT molecular complexity index is 681. The van der Waals surface area contributed by atoms with Crippen molar-refractivity contribution in [3.63, 3.8) is 0 Å². The summed E-state index contributed by atoms with van der Waals surface area (Å²) in [5.41, 5.74) is 1.26. The molecule has 25 heavy (non-hydrogen) atoms. The van der Waals surface area contributed by atoms with E-state index >= 15 is 0 Å². The molecule has 0 bridgehead atoms. The number of hydrogen-bond donors (Lipinski definition) is 1. The van der Waals surface area contributed by atoms with Crippen molar-refractivity contribution >= 4 is 17.7 Å². The van der Waals surface area contributed by atoms with E-state index in [9.17, 15) is 4.79 Å². The number of aromatic nitrogens is 2. The number of ether oxygens (including phenoxy) is 1. The van der Waals surface area contributed by atoms with Crippen LogP contribution in [0.5, 0.6) is 0 Å². The lowest BCUT2D eigenvalue weighted by Gasteiger charge is -2.38. The number of thioether (sulfide) groups is 1. The summed E-state index contributed by atoms with van der Waals surface area (Å²) >= 11 is 1.48. The number of amides is 1. The summed E-state index contributed by atoms with van der Waals surface area (Å²) in [5, 5.41) is 4.03. The van der Waals surface area contributed by atoms with Crippen molar-refractivity contribution in [1.29, 1.82) is 0 Å². The molecule has 1 N–H and O–H groups in total. The summed E-state index contributed by atoms with van der Waals surface area (Å²) in [6, 6.07) is 10.5. The van der Waals surface area contributed by atoms with E-state index in [1.807, 2.05) is 16.8 Å². The highest BCUT2D eigenvalue weighted by Crippen LogP contribution is 2.34. The second-order valence-electron chi connectivity index (χ2n) is 6.32. The Kier molecular flexibility index (Phi) is 6.15. The van der Waals surface area contributed by atoms with Gasteiger partial charge < -0.3 is 14.6 Å². The van der Waals surface area contributed by atoms with Crippen LogP contribution in [-0.2, 0) is 21.5 Å². The summed E-state index contributed by atoms with van der Waals surface area (Å²) in [6.45, 7) is 5.07. The topological polar surface area (TPSA) is 56.2 Å². The quantitative estimate of drug-likeness (QED) is 0.773. The largest absolute Gasteiger partial charge is 0.381 e. The number of carbonyl (C=O) groups excluding carboxylic acids is 1. The molecule has 0 radical (unpaired) electrons. The van der Waals surface area contributed by atoms with Crippen LogP contribution >= 0.6 is 11.8 Å². The van der Waals surface area contributed by atoms with Gasteiger partial charge in [-0.2, -0.15) is 0 Å². The Morgan fingerprint density at radius 2 is 2.08 bits per heavy atom. The SMILES string of the molecule is CCn1ccnc1SCC(=O)NCC1(c2ccccc2)CCOCC1. The molecule has 1 saturated heterocycles. The van der Waals surface area contributed by atoms with Gasteiger partial charge in [-0.15, -0.1) is 0 Å². The molecule has 0 aliphatic carbocycles. The maximum Gasteiger partial charge on any atom is 0.230 e. The van der Waals surface area contributed by atoms with Crippen LogP contribution in [0.25, 0.3) is 0 Å². The monoisotopic (exact) mass is 359 g/mol. The Balaban J connectivity index is 1.58. The predicted octanol–water partition coefficient (Wildman–Crippen LogP) is 2.86. The van der Waals surface area contributed by atoms with Gasteiger partial charge in [-0.25, -0.2) is 4.98 Å². The van der Waals surface area contributed by atoms with Crippen LogP contribution in [-0.4, -0.2) is 41.0 Å². The Hall–Kier alpha value is -1.79. The summed E-state index contributed by atoms with van der Waals surface area (Å²) in [7, 11) is 0. The number of rotatable bonds is 7. The number of nitrogens with one attached hydrogen (secondary N) is 1. The molecule has 2 aromatic rings. The maximum absolute atomic E-state index is 12.4. The summed E-state index contributed by atoms with van der Waals surface area (Å²) in [4.78, 5) is 16.7. The molecule has 1 amide bonds. The molecule has 3 rings (SSSR count). The van der Waals surface area contributed by atoms with E-state index in [-0.39, 0.29) is 11.3 Å². The minimum atomic E-state index is -0.0261. The van der Waals surface area contributed by atoms with Crippen molar-refractivity contribution in [1.82, 2.24) is 14.9 Å². The zero-order valence-corrected chi connectivity index (χ0v) is 15.4. The molecule has 1 aliphatic rings. The number of imidazole rings is 1. The standard InChI is InChI=1S/C19H25N3O2S/c1-2-22-11-10-20-18(22)25-14-17(23)21-15-19(8-12-24-13-9-19)16-6-4-3-5-7-16/h3-7,10-11H,2,8-9,12-15H2,1H3,(H,21,23). The highest BCUT2D eigenvalue weighted by Gasteiger charge is 2.34. The molecule has 0 saturated carbocycles. The fourth-order valence-electron chi connectivity index (χ4n) is 3.25. The van der Waals surface area contributed by atoms with Gasteiger partial charge >= 0.3 is 0 Å². The predicted molar refractivity (Wildman–Crippen MR) is 99.8 cm³/mol. The minimum absolute atomic E-state index is 0.0261. The molecule has 6 heteroatoms. The summed E-state index contributed by atoms with van der Waals surface area (Å²) in [6.07, 6.45) is 5.58. The van der Waals surface area contributed by atoms with Gasteiger partial charge in [0.15, 0.2) is 5.16 Å². The van der Waals surface area contributed by atoms with Gasteiger partial charge in [0.1, 0.15) is 0 Å². The number of nitrogens with zero attached hydrogens (tertiary/aromatic N) is 2. The van der Waals surface area contributed by atoms with Crippen LogP contribution in [0.2, 0.25) is 0 Å². The van der Waals surface area contributed by atoms with Crippen LogP contribution in [0.15, 0.2) is 47.9 Å². The van der Waals surface area contributed by atoms with Gasteiger partial charge in [-0.1, -0.05) is 42.1 Å². The van der Waals surface area contributed by atoms with Crippen molar-refractivity contribution < 1.29 is 9.53 Å². The molecule has 134 valence electrons. The molecule has 1 aliphatic heterocycles. The lowest BCUT2D eigenvalue weighted by molar-refractivity contribution is -0.119. The van der Waals surface area contributed by atoms with Gasteiger partial charge in [-0.3, -0.25) is 4.79 Å². The van der Waals surface area contributed by atoms with Crippen molar-refractivity contribution in [3.8, 4) is 0 Å². The molecule has 1 aromatic heterocycles. The first-order valence-electron chi connectivity index (χ1n) is 8.77. The fourth-order valence-corrected chi connectivity index (χ4v) is 4.10. The van der Waals surface area contributed by atoms with E-state index in [0.717, 1.165) is 37.8 Å². The average Bonchev–Trinajstić information content (AvgIpc) is 3.14. The number of carbonyl (C=O) groups is 1. The van der Waals surface area contributed by atoms with Crippen LogP contribution < -0.4 is 5.32 Å². The zero-order valence-electron chi connectivity index (χ0n) is 14.6. The zero-order chi connectivity index (χ0) is 17.5. The second kappa shape index (κ2) is 8.54. The lowest BCUT2D eigenvalue weighted by Crippen LogP contribution is -2.45. The average molecular weight is 359 g/mol. The summed E-state index contributed by atoms with van der Waals surface area (Å²) < 4.78 is 7.59. The fraction of sp³-hybridized carbons (Fsp3) is 0.474. The molecule has 0 unspecified atom stereocenters. The first-order chi connectivity index (χ1) is 12.2.